The molecule has 1 amide bonds. The third-order valence-corrected chi connectivity index (χ3v) is 3.94. The number of anilines is 1. The minimum Gasteiger partial charge on any atom is -0.372 e. The van der Waals surface area contributed by atoms with E-state index in [4.69, 9.17) is 0 Å². The second kappa shape index (κ2) is 7.22. The maximum atomic E-state index is 12.5. The lowest BCUT2D eigenvalue weighted by atomic mass is 9.96. The summed E-state index contributed by atoms with van der Waals surface area (Å²) in [5.74, 6) is 1.41. The Kier molecular flexibility index (Phi) is 5.32. The lowest BCUT2D eigenvalue weighted by molar-refractivity contribution is 0.0753. The molecule has 110 valence electrons. The van der Waals surface area contributed by atoms with Gasteiger partial charge >= 0.3 is 0 Å². The van der Waals surface area contributed by atoms with Crippen molar-refractivity contribution < 1.29 is 4.79 Å². The van der Waals surface area contributed by atoms with Crippen LogP contribution in [0.3, 0.4) is 0 Å². The molecule has 1 saturated heterocycles. The fourth-order valence-electron chi connectivity index (χ4n) is 2.82. The van der Waals surface area contributed by atoms with Crippen LogP contribution < -0.4 is 5.32 Å². The monoisotopic (exact) mass is 276 g/mol. The molecule has 1 aliphatic rings. The molecule has 2 heterocycles. The molecule has 1 aliphatic heterocycles. The minimum atomic E-state index is 0.00625. The molecule has 1 aromatic heterocycles. The molecule has 0 aromatic carbocycles. The largest absolute Gasteiger partial charge is 0.372 e. The molecule has 1 atom stereocenters. The second-order valence-electron chi connectivity index (χ2n) is 5.42. The summed E-state index contributed by atoms with van der Waals surface area (Å²) in [5.41, 5.74) is 0.436. The molecule has 0 aliphatic carbocycles. The zero-order valence-corrected chi connectivity index (χ0v) is 12.4. The SMILES string of the molecule is CCCC1CCCN(C(=O)c2cncc(NC)n2)CC1. The number of aromatic nitrogens is 2. The number of rotatable bonds is 4. The van der Waals surface area contributed by atoms with Gasteiger partial charge in [0, 0.05) is 20.1 Å². The van der Waals surface area contributed by atoms with Gasteiger partial charge in [-0.25, -0.2) is 4.98 Å². The molecule has 0 saturated carbocycles. The first-order valence-electron chi connectivity index (χ1n) is 7.53. The highest BCUT2D eigenvalue weighted by molar-refractivity contribution is 5.92. The zero-order valence-electron chi connectivity index (χ0n) is 12.4. The third kappa shape index (κ3) is 3.68. The number of hydrogen-bond donors (Lipinski definition) is 1. The van der Waals surface area contributed by atoms with Gasteiger partial charge in [0.25, 0.3) is 5.91 Å². The highest BCUT2D eigenvalue weighted by atomic mass is 16.2. The number of likely N-dealkylation sites (tertiary alicyclic amines) is 1. The molecule has 0 radical (unpaired) electrons. The van der Waals surface area contributed by atoms with Crippen LogP contribution in [0, 0.1) is 5.92 Å². The highest BCUT2D eigenvalue weighted by Crippen LogP contribution is 2.22. The molecule has 2 rings (SSSR count). The first-order chi connectivity index (χ1) is 9.74. The molecule has 20 heavy (non-hydrogen) atoms. The minimum absolute atomic E-state index is 0.00625. The Balaban J connectivity index is 2.01. The Morgan fingerprint density at radius 1 is 1.40 bits per heavy atom. The van der Waals surface area contributed by atoms with E-state index in [1.54, 1.807) is 19.4 Å². The third-order valence-electron chi connectivity index (χ3n) is 3.94. The molecule has 1 aromatic rings. The van der Waals surface area contributed by atoms with Gasteiger partial charge in [-0.05, 0) is 25.2 Å². The van der Waals surface area contributed by atoms with Crippen molar-refractivity contribution in [3.8, 4) is 0 Å². The number of amides is 1. The summed E-state index contributed by atoms with van der Waals surface area (Å²) in [6.07, 6.45) is 9.12. The molecular weight excluding hydrogens is 252 g/mol. The highest BCUT2D eigenvalue weighted by Gasteiger charge is 2.22. The van der Waals surface area contributed by atoms with Crippen molar-refractivity contribution in [3.05, 3.63) is 18.1 Å². The van der Waals surface area contributed by atoms with Crippen LogP contribution in [0.1, 0.15) is 49.5 Å². The predicted octanol–water partition coefficient (Wildman–Crippen LogP) is 2.56. The van der Waals surface area contributed by atoms with Gasteiger partial charge in [-0.2, -0.15) is 0 Å². The molecule has 1 unspecified atom stereocenters. The van der Waals surface area contributed by atoms with Gasteiger partial charge in [0.15, 0.2) is 0 Å². The van der Waals surface area contributed by atoms with Crippen molar-refractivity contribution in [1.82, 2.24) is 14.9 Å². The molecule has 5 heteroatoms. The Hall–Kier alpha value is -1.65. The number of hydrogen-bond acceptors (Lipinski definition) is 4. The lowest BCUT2D eigenvalue weighted by Gasteiger charge is -2.20. The van der Waals surface area contributed by atoms with E-state index < -0.39 is 0 Å². The van der Waals surface area contributed by atoms with Gasteiger partial charge in [0.05, 0.1) is 12.4 Å². The van der Waals surface area contributed by atoms with Crippen LogP contribution in [0.15, 0.2) is 12.4 Å². The van der Waals surface area contributed by atoms with Crippen molar-refractivity contribution in [1.29, 1.82) is 0 Å². The number of carbonyl (C=O) groups excluding carboxylic acids is 1. The average Bonchev–Trinajstić information content (AvgIpc) is 2.73. The second-order valence-corrected chi connectivity index (χ2v) is 5.42. The first kappa shape index (κ1) is 14.8. The fraction of sp³-hybridized carbons (Fsp3) is 0.667. The van der Waals surface area contributed by atoms with Crippen molar-refractivity contribution in [2.45, 2.75) is 39.0 Å². The molecule has 1 fully saturated rings. The van der Waals surface area contributed by atoms with Gasteiger partial charge in [-0.1, -0.05) is 19.8 Å². The molecule has 0 bridgehead atoms. The quantitative estimate of drug-likeness (QED) is 0.918. The van der Waals surface area contributed by atoms with E-state index in [9.17, 15) is 4.79 Å². The fourth-order valence-corrected chi connectivity index (χ4v) is 2.82. The molecular formula is C15H24N4O. The van der Waals surface area contributed by atoms with Gasteiger partial charge in [-0.3, -0.25) is 9.78 Å². The Labute approximate surface area is 120 Å². The van der Waals surface area contributed by atoms with E-state index in [1.165, 1.54) is 19.3 Å². The van der Waals surface area contributed by atoms with E-state index in [1.807, 2.05) is 4.90 Å². The summed E-state index contributed by atoms with van der Waals surface area (Å²) in [7, 11) is 1.78. The van der Waals surface area contributed by atoms with Crippen molar-refractivity contribution in [3.63, 3.8) is 0 Å². The van der Waals surface area contributed by atoms with Crippen molar-refractivity contribution in [2.75, 3.05) is 25.5 Å². The van der Waals surface area contributed by atoms with Crippen LogP contribution in [0.4, 0.5) is 5.82 Å². The Morgan fingerprint density at radius 3 is 3.00 bits per heavy atom. The Bertz CT molecular complexity index is 449. The van der Waals surface area contributed by atoms with Gasteiger partial charge in [0.1, 0.15) is 11.5 Å². The average molecular weight is 276 g/mol. The summed E-state index contributed by atoms with van der Waals surface area (Å²) in [6.45, 7) is 3.91. The lowest BCUT2D eigenvalue weighted by Crippen LogP contribution is -2.32. The molecule has 5 nitrogen and oxygen atoms in total. The van der Waals surface area contributed by atoms with E-state index in [0.29, 0.717) is 11.5 Å². The van der Waals surface area contributed by atoms with Crippen LogP contribution in [0.2, 0.25) is 0 Å². The van der Waals surface area contributed by atoms with E-state index in [-0.39, 0.29) is 5.91 Å². The molecule has 1 N–H and O–H groups in total. The maximum Gasteiger partial charge on any atom is 0.274 e. The standard InChI is InChI=1S/C15H24N4O/c1-3-5-12-6-4-8-19(9-7-12)15(20)13-10-17-11-14(16-2)18-13/h10-12H,3-9H2,1-2H3,(H,16,18). The predicted molar refractivity (Wildman–Crippen MR) is 79.7 cm³/mol. The van der Waals surface area contributed by atoms with Crippen LogP contribution in [0.25, 0.3) is 0 Å². The van der Waals surface area contributed by atoms with Crippen molar-refractivity contribution in [2.24, 2.45) is 5.92 Å². The topological polar surface area (TPSA) is 58.1 Å². The maximum absolute atomic E-state index is 12.5. The molecule has 0 spiro atoms. The van der Waals surface area contributed by atoms with E-state index in [0.717, 1.165) is 31.8 Å². The Morgan fingerprint density at radius 2 is 2.25 bits per heavy atom. The summed E-state index contributed by atoms with van der Waals surface area (Å²) < 4.78 is 0. The number of nitrogens with one attached hydrogen (secondary N) is 1. The van der Waals surface area contributed by atoms with E-state index in [2.05, 4.69) is 22.2 Å². The van der Waals surface area contributed by atoms with Gasteiger partial charge in [-0.15, -0.1) is 0 Å². The first-order valence-corrected chi connectivity index (χ1v) is 7.53. The van der Waals surface area contributed by atoms with Crippen LogP contribution in [-0.2, 0) is 0 Å². The summed E-state index contributed by atoms with van der Waals surface area (Å²) in [6, 6.07) is 0. The van der Waals surface area contributed by atoms with Gasteiger partial charge in [0.2, 0.25) is 0 Å². The van der Waals surface area contributed by atoms with Gasteiger partial charge < -0.3 is 10.2 Å². The number of nitrogens with zero attached hydrogens (tertiary/aromatic N) is 3. The zero-order chi connectivity index (χ0) is 14.4. The number of carbonyl (C=O) groups is 1. The van der Waals surface area contributed by atoms with Crippen LogP contribution >= 0.6 is 0 Å². The van der Waals surface area contributed by atoms with E-state index >= 15 is 0 Å². The summed E-state index contributed by atoms with van der Waals surface area (Å²) >= 11 is 0. The van der Waals surface area contributed by atoms with Crippen LogP contribution in [0.5, 0.6) is 0 Å². The summed E-state index contributed by atoms with van der Waals surface area (Å²) in [5, 5.41) is 2.92. The normalized spacial score (nSPS) is 19.5. The van der Waals surface area contributed by atoms with Crippen molar-refractivity contribution >= 4 is 11.7 Å². The summed E-state index contributed by atoms with van der Waals surface area (Å²) in [4.78, 5) is 22.8. The van der Waals surface area contributed by atoms with Crippen LogP contribution in [-0.4, -0.2) is 40.9 Å². The smallest absolute Gasteiger partial charge is 0.274 e.